The lowest BCUT2D eigenvalue weighted by atomic mass is 10.1. The zero-order chi connectivity index (χ0) is 16.3. The van der Waals surface area contributed by atoms with Crippen molar-refractivity contribution in [2.45, 2.75) is 6.18 Å². The van der Waals surface area contributed by atoms with Gasteiger partial charge in [0.05, 0.1) is 5.69 Å². The number of aromatic nitrogens is 2. The molecule has 0 amide bonds. The van der Waals surface area contributed by atoms with Crippen molar-refractivity contribution in [1.29, 1.82) is 0 Å². The van der Waals surface area contributed by atoms with Gasteiger partial charge < -0.3 is 10.4 Å². The highest BCUT2D eigenvalue weighted by molar-refractivity contribution is 6.33. The first-order valence-corrected chi connectivity index (χ1v) is 6.32. The highest BCUT2D eigenvalue weighted by atomic mass is 35.5. The predicted octanol–water partition coefficient (Wildman–Crippen LogP) is 3.31. The van der Waals surface area contributed by atoms with Crippen LogP contribution in [-0.4, -0.2) is 27.6 Å². The van der Waals surface area contributed by atoms with Gasteiger partial charge in [-0.05, 0) is 12.1 Å². The van der Waals surface area contributed by atoms with Crippen LogP contribution >= 0.6 is 11.6 Å². The van der Waals surface area contributed by atoms with Crippen LogP contribution in [0.3, 0.4) is 0 Å². The summed E-state index contributed by atoms with van der Waals surface area (Å²) in [7, 11) is 0. The third-order valence-electron chi connectivity index (χ3n) is 2.56. The first kappa shape index (κ1) is 16.0. The number of anilines is 1. The number of rotatable bonds is 4. The van der Waals surface area contributed by atoms with Gasteiger partial charge in [0.25, 0.3) is 0 Å². The fraction of sp³-hybridized carbons (Fsp3) is 0.154. The Bertz CT molecular complexity index is 707. The van der Waals surface area contributed by atoms with Crippen molar-refractivity contribution in [3.8, 4) is 11.3 Å². The average molecular weight is 332 g/mol. The molecule has 0 aliphatic heterocycles. The maximum absolute atomic E-state index is 12.9. The van der Waals surface area contributed by atoms with Crippen LogP contribution in [0.25, 0.3) is 11.3 Å². The molecule has 1 aromatic carbocycles. The van der Waals surface area contributed by atoms with Crippen molar-refractivity contribution in [2.24, 2.45) is 0 Å². The Kier molecular flexibility index (Phi) is 4.51. The van der Waals surface area contributed by atoms with E-state index in [0.29, 0.717) is 0 Å². The number of carboxylic acids is 1. The van der Waals surface area contributed by atoms with Gasteiger partial charge in [-0.2, -0.15) is 13.2 Å². The SMILES string of the molecule is O=C(O)CNc1nc(-c2ccccc2Cl)cc(C(F)(F)F)n1. The smallest absolute Gasteiger partial charge is 0.433 e. The number of alkyl halides is 3. The summed E-state index contributed by atoms with van der Waals surface area (Å²) in [6.45, 7) is -0.608. The summed E-state index contributed by atoms with van der Waals surface area (Å²) in [5.41, 5.74) is -0.957. The Labute approximate surface area is 127 Å². The van der Waals surface area contributed by atoms with E-state index >= 15 is 0 Å². The van der Waals surface area contributed by atoms with E-state index in [2.05, 4.69) is 15.3 Å². The molecule has 5 nitrogen and oxygen atoms in total. The summed E-state index contributed by atoms with van der Waals surface area (Å²) in [6, 6.07) is 7.00. The molecule has 0 radical (unpaired) electrons. The quantitative estimate of drug-likeness (QED) is 0.899. The molecule has 0 aliphatic carbocycles. The van der Waals surface area contributed by atoms with Crippen LogP contribution in [0.4, 0.5) is 19.1 Å². The molecule has 116 valence electrons. The molecule has 22 heavy (non-hydrogen) atoms. The normalized spacial score (nSPS) is 11.3. The Morgan fingerprint density at radius 2 is 1.95 bits per heavy atom. The number of benzene rings is 1. The monoisotopic (exact) mass is 331 g/mol. The van der Waals surface area contributed by atoms with Crippen LogP contribution in [0.1, 0.15) is 5.69 Å². The molecule has 0 atom stereocenters. The van der Waals surface area contributed by atoms with Crippen molar-refractivity contribution in [3.05, 3.63) is 41.0 Å². The summed E-state index contributed by atoms with van der Waals surface area (Å²) in [5, 5.41) is 11.0. The van der Waals surface area contributed by atoms with Crippen molar-refractivity contribution < 1.29 is 23.1 Å². The minimum atomic E-state index is -4.70. The molecular formula is C13H9ClF3N3O2. The van der Waals surface area contributed by atoms with Crippen LogP contribution in [0.2, 0.25) is 5.02 Å². The standard InChI is InChI=1S/C13H9ClF3N3O2/c14-8-4-2-1-3-7(8)9-5-10(13(15,16)17)20-12(19-9)18-6-11(21)22/h1-5H,6H2,(H,21,22)(H,18,19,20). The van der Waals surface area contributed by atoms with E-state index in [1.54, 1.807) is 12.1 Å². The average Bonchev–Trinajstić information content (AvgIpc) is 2.44. The summed E-state index contributed by atoms with van der Waals surface area (Å²) in [4.78, 5) is 17.7. The Morgan fingerprint density at radius 3 is 2.55 bits per heavy atom. The van der Waals surface area contributed by atoms with E-state index in [9.17, 15) is 18.0 Å². The molecule has 0 aliphatic rings. The van der Waals surface area contributed by atoms with Gasteiger partial charge in [-0.15, -0.1) is 0 Å². The lowest BCUT2D eigenvalue weighted by Crippen LogP contribution is -2.17. The van der Waals surface area contributed by atoms with E-state index in [1.807, 2.05) is 0 Å². The zero-order valence-corrected chi connectivity index (χ0v) is 11.6. The van der Waals surface area contributed by atoms with Gasteiger partial charge in [-0.1, -0.05) is 29.8 Å². The summed E-state index contributed by atoms with van der Waals surface area (Å²) >= 11 is 5.95. The molecule has 0 saturated heterocycles. The third-order valence-corrected chi connectivity index (χ3v) is 2.89. The number of aliphatic carboxylic acids is 1. The molecule has 0 bridgehead atoms. The first-order chi connectivity index (χ1) is 10.3. The van der Waals surface area contributed by atoms with Gasteiger partial charge in [0, 0.05) is 10.6 Å². The van der Waals surface area contributed by atoms with Crippen LogP contribution < -0.4 is 5.32 Å². The molecule has 2 rings (SSSR count). The molecular weight excluding hydrogens is 323 g/mol. The van der Waals surface area contributed by atoms with Crippen LogP contribution in [-0.2, 0) is 11.0 Å². The van der Waals surface area contributed by atoms with E-state index < -0.39 is 30.3 Å². The fourth-order valence-corrected chi connectivity index (χ4v) is 1.87. The molecule has 0 fully saturated rings. The van der Waals surface area contributed by atoms with Crippen molar-refractivity contribution >= 4 is 23.5 Å². The van der Waals surface area contributed by atoms with Gasteiger partial charge >= 0.3 is 12.1 Å². The number of hydrogen-bond donors (Lipinski definition) is 2. The van der Waals surface area contributed by atoms with Crippen LogP contribution in [0.5, 0.6) is 0 Å². The minimum absolute atomic E-state index is 0.0548. The summed E-state index contributed by atoms with van der Waals surface area (Å²) < 4.78 is 38.7. The molecule has 2 aromatic rings. The molecule has 0 saturated carbocycles. The van der Waals surface area contributed by atoms with E-state index in [1.165, 1.54) is 12.1 Å². The van der Waals surface area contributed by atoms with Crippen molar-refractivity contribution in [2.75, 3.05) is 11.9 Å². The molecule has 2 N–H and O–H groups in total. The lowest BCUT2D eigenvalue weighted by Gasteiger charge is -2.11. The predicted molar refractivity (Wildman–Crippen MR) is 73.6 cm³/mol. The number of halogens is 4. The van der Waals surface area contributed by atoms with Gasteiger partial charge in [0.15, 0.2) is 5.69 Å². The lowest BCUT2D eigenvalue weighted by molar-refractivity contribution is -0.141. The van der Waals surface area contributed by atoms with Gasteiger partial charge in [-0.25, -0.2) is 9.97 Å². The van der Waals surface area contributed by atoms with E-state index in [0.717, 1.165) is 6.07 Å². The van der Waals surface area contributed by atoms with E-state index in [4.69, 9.17) is 16.7 Å². The number of nitrogens with zero attached hydrogens (tertiary/aromatic N) is 2. The van der Waals surface area contributed by atoms with Gasteiger partial charge in [-0.3, -0.25) is 4.79 Å². The molecule has 9 heteroatoms. The molecule has 0 unspecified atom stereocenters. The second-order valence-electron chi connectivity index (χ2n) is 4.19. The largest absolute Gasteiger partial charge is 0.480 e. The Balaban J connectivity index is 2.51. The van der Waals surface area contributed by atoms with Crippen LogP contribution in [0.15, 0.2) is 30.3 Å². The maximum Gasteiger partial charge on any atom is 0.433 e. The minimum Gasteiger partial charge on any atom is -0.480 e. The Morgan fingerprint density at radius 1 is 1.27 bits per heavy atom. The van der Waals surface area contributed by atoms with E-state index in [-0.39, 0.29) is 16.3 Å². The molecule has 1 heterocycles. The number of nitrogens with one attached hydrogen (secondary N) is 1. The fourth-order valence-electron chi connectivity index (χ4n) is 1.63. The van der Waals surface area contributed by atoms with Crippen molar-refractivity contribution in [3.63, 3.8) is 0 Å². The first-order valence-electron chi connectivity index (χ1n) is 5.94. The Hall–Kier alpha value is -2.35. The molecule has 0 spiro atoms. The van der Waals surface area contributed by atoms with Gasteiger partial charge in [0.2, 0.25) is 5.95 Å². The molecule has 1 aromatic heterocycles. The maximum atomic E-state index is 12.9. The second kappa shape index (κ2) is 6.18. The zero-order valence-electron chi connectivity index (χ0n) is 10.9. The third kappa shape index (κ3) is 3.85. The highest BCUT2D eigenvalue weighted by Crippen LogP contribution is 2.33. The highest BCUT2D eigenvalue weighted by Gasteiger charge is 2.34. The second-order valence-corrected chi connectivity index (χ2v) is 4.59. The topological polar surface area (TPSA) is 75.1 Å². The van der Waals surface area contributed by atoms with Crippen molar-refractivity contribution in [1.82, 2.24) is 9.97 Å². The number of carbonyl (C=O) groups is 1. The number of hydrogen-bond acceptors (Lipinski definition) is 4. The summed E-state index contributed by atoms with van der Waals surface area (Å²) in [5.74, 6) is -1.69. The number of carboxylic acid groups (broad SMARTS) is 1. The van der Waals surface area contributed by atoms with Crippen LogP contribution in [0, 0.1) is 0 Å². The summed E-state index contributed by atoms with van der Waals surface area (Å²) in [6.07, 6.45) is -4.70. The van der Waals surface area contributed by atoms with Gasteiger partial charge in [0.1, 0.15) is 6.54 Å².